The normalized spacial score (nSPS) is 17.9. The van der Waals surface area contributed by atoms with E-state index in [1.807, 2.05) is 4.90 Å². The Balaban J connectivity index is 1.84. The van der Waals surface area contributed by atoms with Gasteiger partial charge < -0.3 is 9.64 Å². The fraction of sp³-hybridized carbons (Fsp3) is 0.467. The summed E-state index contributed by atoms with van der Waals surface area (Å²) >= 11 is 0. The molecular formula is C15H21N3O3. The fourth-order valence-corrected chi connectivity index (χ4v) is 2.43. The third-order valence-electron chi connectivity index (χ3n) is 3.73. The number of amides is 2. The van der Waals surface area contributed by atoms with Gasteiger partial charge in [0, 0.05) is 18.5 Å². The molecule has 1 aliphatic heterocycles. The van der Waals surface area contributed by atoms with E-state index in [9.17, 15) is 9.59 Å². The molecule has 1 aliphatic rings. The molecule has 1 heterocycles. The van der Waals surface area contributed by atoms with Gasteiger partial charge >= 0.3 is 0 Å². The highest BCUT2D eigenvalue weighted by Gasteiger charge is 2.27. The summed E-state index contributed by atoms with van der Waals surface area (Å²) in [6, 6.07) is 6.79. The molecule has 0 aromatic heterocycles. The van der Waals surface area contributed by atoms with E-state index < -0.39 is 0 Å². The Labute approximate surface area is 124 Å². The number of carbonyl (C=O) groups is 2. The van der Waals surface area contributed by atoms with Crippen LogP contribution in [-0.4, -0.2) is 36.4 Å². The molecular weight excluding hydrogens is 270 g/mol. The number of rotatable bonds is 6. The zero-order valence-corrected chi connectivity index (χ0v) is 12.2. The second-order valence-corrected chi connectivity index (χ2v) is 5.17. The fourth-order valence-electron chi connectivity index (χ4n) is 2.43. The topological polar surface area (TPSA) is 84.7 Å². The third-order valence-corrected chi connectivity index (χ3v) is 3.73. The van der Waals surface area contributed by atoms with E-state index >= 15 is 0 Å². The molecule has 2 amide bonds. The smallest absolute Gasteiger partial charge is 0.265 e. The van der Waals surface area contributed by atoms with Gasteiger partial charge in [0.25, 0.3) is 5.91 Å². The molecule has 6 nitrogen and oxygen atoms in total. The SMILES string of the molecule is CCC1CC(=O)N(CCOc2cccc(C(=O)NN)c2)C1. The molecule has 6 heteroatoms. The summed E-state index contributed by atoms with van der Waals surface area (Å²) in [5.74, 6) is 5.99. The molecule has 21 heavy (non-hydrogen) atoms. The lowest BCUT2D eigenvalue weighted by Gasteiger charge is -2.17. The van der Waals surface area contributed by atoms with Crippen molar-refractivity contribution in [1.29, 1.82) is 0 Å². The zero-order chi connectivity index (χ0) is 15.2. The van der Waals surface area contributed by atoms with Crippen molar-refractivity contribution in [2.45, 2.75) is 19.8 Å². The summed E-state index contributed by atoms with van der Waals surface area (Å²) < 4.78 is 5.61. The maximum atomic E-state index is 11.8. The molecule has 0 aliphatic carbocycles. The Morgan fingerprint density at radius 2 is 2.33 bits per heavy atom. The van der Waals surface area contributed by atoms with Crippen molar-refractivity contribution < 1.29 is 14.3 Å². The van der Waals surface area contributed by atoms with Gasteiger partial charge in [-0.15, -0.1) is 0 Å². The highest BCUT2D eigenvalue weighted by molar-refractivity contribution is 5.94. The molecule has 1 fully saturated rings. The molecule has 1 saturated heterocycles. The van der Waals surface area contributed by atoms with Gasteiger partial charge in [0.2, 0.25) is 5.91 Å². The van der Waals surface area contributed by atoms with Crippen LogP contribution in [0, 0.1) is 5.92 Å². The predicted molar refractivity (Wildman–Crippen MR) is 78.6 cm³/mol. The van der Waals surface area contributed by atoms with Gasteiger partial charge in [0.1, 0.15) is 12.4 Å². The average Bonchev–Trinajstić information content (AvgIpc) is 2.87. The number of likely N-dealkylation sites (tertiary alicyclic amines) is 1. The number of nitrogens with zero attached hydrogens (tertiary/aromatic N) is 1. The van der Waals surface area contributed by atoms with Gasteiger partial charge in [0.15, 0.2) is 0 Å². The van der Waals surface area contributed by atoms with Crippen LogP contribution in [0.4, 0.5) is 0 Å². The maximum absolute atomic E-state index is 11.8. The molecule has 0 saturated carbocycles. The number of carbonyl (C=O) groups excluding carboxylic acids is 2. The molecule has 0 radical (unpaired) electrons. The van der Waals surface area contributed by atoms with Gasteiger partial charge in [-0.3, -0.25) is 15.0 Å². The van der Waals surface area contributed by atoms with Crippen LogP contribution in [0.1, 0.15) is 30.1 Å². The van der Waals surface area contributed by atoms with E-state index in [0.717, 1.165) is 13.0 Å². The number of nitrogen functional groups attached to an aromatic ring is 1. The summed E-state index contributed by atoms with van der Waals surface area (Å²) in [6.45, 7) is 3.90. The Kier molecular flexibility index (Phi) is 5.16. The van der Waals surface area contributed by atoms with Crippen molar-refractivity contribution in [2.75, 3.05) is 19.7 Å². The molecule has 2 rings (SSSR count). The molecule has 1 aromatic rings. The maximum Gasteiger partial charge on any atom is 0.265 e. The van der Waals surface area contributed by atoms with Crippen LogP contribution in [0.5, 0.6) is 5.75 Å². The number of ether oxygens (including phenoxy) is 1. The van der Waals surface area contributed by atoms with Gasteiger partial charge in [-0.1, -0.05) is 19.4 Å². The quantitative estimate of drug-likeness (QED) is 0.464. The second-order valence-electron chi connectivity index (χ2n) is 5.17. The van der Waals surface area contributed by atoms with Crippen molar-refractivity contribution in [3.05, 3.63) is 29.8 Å². The Bertz CT molecular complexity index is 519. The van der Waals surface area contributed by atoms with Gasteiger partial charge in [-0.2, -0.15) is 0 Å². The molecule has 1 atom stereocenters. The van der Waals surface area contributed by atoms with Gasteiger partial charge in [-0.05, 0) is 24.1 Å². The van der Waals surface area contributed by atoms with Crippen molar-refractivity contribution in [3.63, 3.8) is 0 Å². The van der Waals surface area contributed by atoms with Crippen molar-refractivity contribution in [3.8, 4) is 5.75 Å². The molecule has 1 aromatic carbocycles. The summed E-state index contributed by atoms with van der Waals surface area (Å²) in [6.07, 6.45) is 1.67. The molecule has 0 bridgehead atoms. The highest BCUT2D eigenvalue weighted by atomic mass is 16.5. The van der Waals surface area contributed by atoms with E-state index in [1.165, 1.54) is 0 Å². The lowest BCUT2D eigenvalue weighted by atomic mass is 10.1. The lowest BCUT2D eigenvalue weighted by molar-refractivity contribution is -0.128. The standard InChI is InChI=1S/C15H21N3O3/c1-2-11-8-14(19)18(10-11)6-7-21-13-5-3-4-12(9-13)15(20)17-16/h3-5,9,11H,2,6-8,10,16H2,1H3,(H,17,20). The number of nitrogens with one attached hydrogen (secondary N) is 1. The number of hydrogen-bond acceptors (Lipinski definition) is 4. The minimum absolute atomic E-state index is 0.196. The van der Waals surface area contributed by atoms with Crippen LogP contribution in [0.25, 0.3) is 0 Å². The van der Waals surface area contributed by atoms with E-state index in [4.69, 9.17) is 10.6 Å². The molecule has 0 spiro atoms. The minimum atomic E-state index is -0.360. The number of hydrazine groups is 1. The predicted octanol–water partition coefficient (Wildman–Crippen LogP) is 0.927. The minimum Gasteiger partial charge on any atom is -0.492 e. The zero-order valence-electron chi connectivity index (χ0n) is 12.2. The molecule has 114 valence electrons. The first kappa shape index (κ1) is 15.3. The first-order valence-corrected chi connectivity index (χ1v) is 7.15. The summed E-state index contributed by atoms with van der Waals surface area (Å²) in [4.78, 5) is 25.0. The Morgan fingerprint density at radius 3 is 3.00 bits per heavy atom. The monoisotopic (exact) mass is 291 g/mol. The first-order chi connectivity index (χ1) is 10.1. The Hall–Kier alpha value is -2.08. The summed E-state index contributed by atoms with van der Waals surface area (Å²) in [5, 5.41) is 0. The van der Waals surface area contributed by atoms with E-state index in [1.54, 1.807) is 24.3 Å². The van der Waals surface area contributed by atoms with Gasteiger partial charge in [0.05, 0.1) is 6.54 Å². The van der Waals surface area contributed by atoms with Crippen molar-refractivity contribution in [2.24, 2.45) is 11.8 Å². The molecule has 1 unspecified atom stereocenters. The van der Waals surface area contributed by atoms with Crippen LogP contribution < -0.4 is 16.0 Å². The number of nitrogens with two attached hydrogens (primary N) is 1. The van der Waals surface area contributed by atoms with Crippen LogP contribution in [0.15, 0.2) is 24.3 Å². The van der Waals surface area contributed by atoms with Crippen LogP contribution in [0.2, 0.25) is 0 Å². The van der Waals surface area contributed by atoms with Gasteiger partial charge in [-0.25, -0.2) is 5.84 Å². The first-order valence-electron chi connectivity index (χ1n) is 7.15. The second kappa shape index (κ2) is 7.08. The summed E-state index contributed by atoms with van der Waals surface area (Å²) in [5.41, 5.74) is 2.52. The highest BCUT2D eigenvalue weighted by Crippen LogP contribution is 2.20. The molecule has 3 N–H and O–H groups in total. The average molecular weight is 291 g/mol. The Morgan fingerprint density at radius 1 is 1.52 bits per heavy atom. The largest absolute Gasteiger partial charge is 0.492 e. The van der Waals surface area contributed by atoms with E-state index in [-0.39, 0.29) is 11.8 Å². The van der Waals surface area contributed by atoms with E-state index in [0.29, 0.717) is 36.8 Å². The number of benzene rings is 1. The van der Waals surface area contributed by atoms with Crippen molar-refractivity contribution in [1.82, 2.24) is 10.3 Å². The lowest BCUT2D eigenvalue weighted by Crippen LogP contribution is -2.30. The summed E-state index contributed by atoms with van der Waals surface area (Å²) in [7, 11) is 0. The van der Waals surface area contributed by atoms with E-state index in [2.05, 4.69) is 12.3 Å². The van der Waals surface area contributed by atoms with Crippen LogP contribution >= 0.6 is 0 Å². The van der Waals surface area contributed by atoms with Crippen LogP contribution in [-0.2, 0) is 4.79 Å². The van der Waals surface area contributed by atoms with Crippen molar-refractivity contribution >= 4 is 11.8 Å². The van der Waals surface area contributed by atoms with Crippen LogP contribution in [0.3, 0.4) is 0 Å². The number of hydrogen-bond donors (Lipinski definition) is 2. The third kappa shape index (κ3) is 3.95.